The van der Waals surface area contributed by atoms with Gasteiger partial charge in [0, 0.05) is 0 Å². The fourth-order valence-electron chi connectivity index (χ4n) is 3.35. The van der Waals surface area contributed by atoms with Crippen molar-refractivity contribution < 1.29 is 23.5 Å². The lowest BCUT2D eigenvalue weighted by Crippen LogP contribution is -2.44. The molecule has 2 aromatic rings. The third kappa shape index (κ3) is 3.45. The summed E-state index contributed by atoms with van der Waals surface area (Å²) >= 11 is 0. The standard InChI is InChI=1S/C20H23N3O5/c1-4-20(14-7-8-16(27-3)13(2)10-14)18(25)23(19(26)22-20)12-17(24)21-11-15-6-5-9-28-15/h5-10H,4,11-12H2,1-3H3,(H,21,24)(H,22,26). The van der Waals surface area contributed by atoms with Crippen LogP contribution in [0.1, 0.15) is 30.2 Å². The number of nitrogens with zero attached hydrogens (tertiary/aromatic N) is 1. The predicted molar refractivity (Wildman–Crippen MR) is 100 cm³/mol. The van der Waals surface area contributed by atoms with Gasteiger partial charge in [-0.2, -0.15) is 0 Å². The second kappa shape index (κ2) is 7.75. The largest absolute Gasteiger partial charge is 0.496 e. The summed E-state index contributed by atoms with van der Waals surface area (Å²) < 4.78 is 10.4. The van der Waals surface area contributed by atoms with Gasteiger partial charge in [0.1, 0.15) is 23.6 Å². The van der Waals surface area contributed by atoms with Crippen molar-refractivity contribution in [3.8, 4) is 5.75 Å². The van der Waals surface area contributed by atoms with Gasteiger partial charge < -0.3 is 19.8 Å². The Morgan fingerprint density at radius 1 is 1.32 bits per heavy atom. The summed E-state index contributed by atoms with van der Waals surface area (Å²) in [5.41, 5.74) is 0.310. The molecule has 2 N–H and O–H groups in total. The van der Waals surface area contributed by atoms with Crippen molar-refractivity contribution in [2.24, 2.45) is 0 Å². The lowest BCUT2D eigenvalue weighted by molar-refractivity contribution is -0.135. The molecular formula is C20H23N3O5. The molecule has 1 fully saturated rings. The molecule has 0 aliphatic carbocycles. The molecule has 8 heteroatoms. The SMILES string of the molecule is CCC1(c2ccc(OC)c(C)c2)NC(=O)N(CC(=O)NCc2ccco2)C1=O. The Kier molecular flexibility index (Phi) is 5.39. The number of ether oxygens (including phenoxy) is 1. The van der Waals surface area contributed by atoms with E-state index < -0.39 is 23.4 Å². The number of furan rings is 1. The zero-order valence-corrected chi connectivity index (χ0v) is 16.1. The fourth-order valence-corrected chi connectivity index (χ4v) is 3.35. The second-order valence-electron chi connectivity index (χ2n) is 6.62. The van der Waals surface area contributed by atoms with Crippen LogP contribution in [-0.2, 0) is 21.7 Å². The highest BCUT2D eigenvalue weighted by Gasteiger charge is 2.51. The summed E-state index contributed by atoms with van der Waals surface area (Å²) in [6.45, 7) is 3.51. The minimum atomic E-state index is -1.20. The van der Waals surface area contributed by atoms with E-state index >= 15 is 0 Å². The Bertz CT molecular complexity index is 893. The van der Waals surface area contributed by atoms with Gasteiger partial charge in [-0.05, 0) is 48.7 Å². The number of nitrogens with one attached hydrogen (secondary N) is 2. The highest BCUT2D eigenvalue weighted by molar-refractivity contribution is 6.09. The molecule has 0 spiro atoms. The van der Waals surface area contributed by atoms with E-state index in [1.807, 2.05) is 19.9 Å². The molecule has 1 saturated heterocycles. The first-order chi connectivity index (χ1) is 13.4. The zero-order chi connectivity index (χ0) is 20.3. The third-order valence-corrected chi connectivity index (χ3v) is 4.94. The zero-order valence-electron chi connectivity index (χ0n) is 16.1. The Morgan fingerprint density at radius 3 is 2.71 bits per heavy atom. The monoisotopic (exact) mass is 385 g/mol. The van der Waals surface area contributed by atoms with Gasteiger partial charge in [0.25, 0.3) is 5.91 Å². The highest BCUT2D eigenvalue weighted by atomic mass is 16.5. The lowest BCUT2D eigenvalue weighted by Gasteiger charge is -2.26. The van der Waals surface area contributed by atoms with E-state index in [1.165, 1.54) is 6.26 Å². The molecule has 1 unspecified atom stereocenters. The van der Waals surface area contributed by atoms with E-state index in [1.54, 1.807) is 31.4 Å². The summed E-state index contributed by atoms with van der Waals surface area (Å²) in [4.78, 5) is 38.8. The van der Waals surface area contributed by atoms with Crippen LogP contribution in [0.5, 0.6) is 5.75 Å². The van der Waals surface area contributed by atoms with Gasteiger partial charge in [0.2, 0.25) is 5.91 Å². The molecule has 148 valence electrons. The van der Waals surface area contributed by atoms with Gasteiger partial charge in [-0.25, -0.2) is 4.79 Å². The lowest BCUT2D eigenvalue weighted by atomic mass is 9.86. The quantitative estimate of drug-likeness (QED) is 0.711. The topological polar surface area (TPSA) is 101 Å². The first kappa shape index (κ1) is 19.5. The Balaban J connectivity index is 1.76. The van der Waals surface area contributed by atoms with Gasteiger partial charge in [-0.1, -0.05) is 13.0 Å². The molecular weight excluding hydrogens is 362 g/mol. The van der Waals surface area contributed by atoms with Crippen molar-refractivity contribution in [2.45, 2.75) is 32.4 Å². The van der Waals surface area contributed by atoms with Crippen LogP contribution in [0.4, 0.5) is 4.79 Å². The summed E-state index contributed by atoms with van der Waals surface area (Å²) in [6.07, 6.45) is 1.86. The number of rotatable bonds is 7. The van der Waals surface area contributed by atoms with E-state index in [-0.39, 0.29) is 13.1 Å². The summed E-state index contributed by atoms with van der Waals surface area (Å²) in [5, 5.41) is 5.41. The maximum absolute atomic E-state index is 13.1. The van der Waals surface area contributed by atoms with Crippen LogP contribution in [-0.4, -0.2) is 36.4 Å². The molecule has 8 nitrogen and oxygen atoms in total. The first-order valence-corrected chi connectivity index (χ1v) is 8.99. The van der Waals surface area contributed by atoms with Crippen molar-refractivity contribution in [3.63, 3.8) is 0 Å². The number of hydrogen-bond donors (Lipinski definition) is 2. The molecule has 0 radical (unpaired) electrons. The third-order valence-electron chi connectivity index (χ3n) is 4.94. The minimum Gasteiger partial charge on any atom is -0.496 e. The van der Waals surface area contributed by atoms with Gasteiger partial charge in [-0.3, -0.25) is 14.5 Å². The van der Waals surface area contributed by atoms with Crippen molar-refractivity contribution >= 4 is 17.8 Å². The maximum Gasteiger partial charge on any atom is 0.325 e. The molecule has 4 amide bonds. The van der Waals surface area contributed by atoms with Gasteiger partial charge in [-0.15, -0.1) is 0 Å². The van der Waals surface area contributed by atoms with Crippen LogP contribution in [0.25, 0.3) is 0 Å². The van der Waals surface area contributed by atoms with Crippen molar-refractivity contribution in [2.75, 3.05) is 13.7 Å². The summed E-state index contributed by atoms with van der Waals surface area (Å²) in [5.74, 6) is 0.388. The minimum absolute atomic E-state index is 0.187. The van der Waals surface area contributed by atoms with Crippen LogP contribution in [0.2, 0.25) is 0 Å². The smallest absolute Gasteiger partial charge is 0.325 e. The Hall–Kier alpha value is -3.29. The molecule has 1 aromatic heterocycles. The average molecular weight is 385 g/mol. The van der Waals surface area contributed by atoms with Crippen LogP contribution in [0.3, 0.4) is 0 Å². The fraction of sp³-hybridized carbons (Fsp3) is 0.350. The molecule has 3 rings (SSSR count). The summed E-state index contributed by atoms with van der Waals surface area (Å²) in [7, 11) is 1.57. The Morgan fingerprint density at radius 2 is 2.11 bits per heavy atom. The Labute approximate surface area is 162 Å². The average Bonchev–Trinajstić information content (AvgIpc) is 3.29. The van der Waals surface area contributed by atoms with Crippen molar-refractivity contribution in [1.82, 2.24) is 15.5 Å². The molecule has 1 aliphatic heterocycles. The molecule has 1 aromatic carbocycles. The van der Waals surface area contributed by atoms with Crippen LogP contribution >= 0.6 is 0 Å². The van der Waals surface area contributed by atoms with Crippen LogP contribution in [0, 0.1) is 6.92 Å². The molecule has 28 heavy (non-hydrogen) atoms. The molecule has 0 saturated carbocycles. The van der Waals surface area contributed by atoms with Gasteiger partial charge in [0.05, 0.1) is 19.9 Å². The van der Waals surface area contributed by atoms with E-state index in [2.05, 4.69) is 10.6 Å². The van der Waals surface area contributed by atoms with Crippen LogP contribution in [0.15, 0.2) is 41.0 Å². The van der Waals surface area contributed by atoms with Crippen molar-refractivity contribution in [3.05, 3.63) is 53.5 Å². The number of aryl methyl sites for hydroxylation is 1. The highest BCUT2D eigenvalue weighted by Crippen LogP contribution is 2.34. The molecule has 1 atom stereocenters. The number of carbonyl (C=O) groups excluding carboxylic acids is 3. The molecule has 2 heterocycles. The normalized spacial score (nSPS) is 18.9. The predicted octanol–water partition coefficient (Wildman–Crippen LogP) is 2.07. The number of urea groups is 1. The number of methoxy groups -OCH3 is 1. The number of imide groups is 1. The number of hydrogen-bond acceptors (Lipinski definition) is 5. The van der Waals surface area contributed by atoms with Gasteiger partial charge >= 0.3 is 6.03 Å². The van der Waals surface area contributed by atoms with E-state index in [9.17, 15) is 14.4 Å². The summed E-state index contributed by atoms with van der Waals surface area (Å²) in [6, 6.07) is 8.19. The molecule has 1 aliphatic rings. The maximum atomic E-state index is 13.1. The number of carbonyl (C=O) groups is 3. The van der Waals surface area contributed by atoms with Crippen molar-refractivity contribution in [1.29, 1.82) is 0 Å². The first-order valence-electron chi connectivity index (χ1n) is 8.99. The van der Waals surface area contributed by atoms with E-state index in [0.717, 1.165) is 10.5 Å². The number of amides is 4. The van der Waals surface area contributed by atoms with Gasteiger partial charge in [0.15, 0.2) is 0 Å². The second-order valence-corrected chi connectivity index (χ2v) is 6.62. The van der Waals surface area contributed by atoms with E-state index in [4.69, 9.17) is 9.15 Å². The number of benzene rings is 1. The molecule has 0 bridgehead atoms. The van der Waals surface area contributed by atoms with Crippen LogP contribution < -0.4 is 15.4 Å². The van der Waals surface area contributed by atoms with E-state index in [0.29, 0.717) is 23.5 Å².